The molecule has 0 spiro atoms. The molecule has 0 aromatic heterocycles. The number of rotatable bonds is 5. The molecule has 4 aliphatic carbocycles. The first kappa shape index (κ1) is 22.9. The van der Waals surface area contributed by atoms with Gasteiger partial charge in [0.1, 0.15) is 0 Å². The van der Waals surface area contributed by atoms with Gasteiger partial charge >= 0.3 is 0 Å². The van der Waals surface area contributed by atoms with Crippen LogP contribution in [0.25, 0.3) is 0 Å². The Balaban J connectivity index is 1.65. The van der Waals surface area contributed by atoms with Crippen molar-refractivity contribution in [2.45, 2.75) is 63.4 Å². The smallest absolute Gasteiger partial charge is 0.156 e. The van der Waals surface area contributed by atoms with Crippen molar-refractivity contribution in [2.75, 3.05) is 19.1 Å². The van der Waals surface area contributed by atoms with Crippen LogP contribution in [-0.4, -0.2) is 41.9 Å². The van der Waals surface area contributed by atoms with Crippen molar-refractivity contribution in [1.29, 1.82) is 0 Å². The Bertz CT molecular complexity index is 1030. The van der Waals surface area contributed by atoms with E-state index in [1.807, 2.05) is 37.1 Å². The monoisotopic (exact) mass is 465 g/mol. The Hall–Kier alpha value is -1.85. The number of ketones is 1. The first-order valence-electron chi connectivity index (χ1n) is 12.2. The van der Waals surface area contributed by atoms with Crippen LogP contribution in [0.5, 0.6) is 0 Å². The number of nitrogens with zero attached hydrogens (tertiary/aromatic N) is 1. The molecular weight excluding hydrogens is 430 g/mol. The lowest BCUT2D eigenvalue weighted by Crippen LogP contribution is -2.53. The molecule has 5 atom stereocenters. The Labute approximate surface area is 201 Å². The number of hydrogen-bond donors (Lipinski definition) is 1. The summed E-state index contributed by atoms with van der Waals surface area (Å²) in [7, 11) is 1.92. The quantitative estimate of drug-likeness (QED) is 0.322. The fraction of sp³-hybridized carbons (Fsp3) is 0.571. The molecule has 0 aliphatic heterocycles. The molecule has 1 aromatic carbocycles. The molecule has 2 fully saturated rings. The third-order valence-electron chi connectivity index (χ3n) is 9.34. The summed E-state index contributed by atoms with van der Waals surface area (Å²) < 4.78 is 6.41. The minimum atomic E-state index is -0.0896. The molecule has 0 heterocycles. The summed E-state index contributed by atoms with van der Waals surface area (Å²) in [6.07, 6.45) is 12.8. The topological polar surface area (TPSA) is 58.9 Å². The minimum absolute atomic E-state index is 0.0896. The molecule has 2 saturated carbocycles. The number of allylic oxidation sites excluding steroid dienone is 4. The van der Waals surface area contributed by atoms with Gasteiger partial charge in [-0.1, -0.05) is 41.9 Å². The zero-order chi connectivity index (χ0) is 23.2. The molecule has 4 aliphatic rings. The van der Waals surface area contributed by atoms with Gasteiger partial charge in [-0.2, -0.15) is 11.8 Å². The molecule has 0 bridgehead atoms. The van der Waals surface area contributed by atoms with Crippen LogP contribution < -0.4 is 0 Å². The van der Waals surface area contributed by atoms with Crippen LogP contribution >= 0.6 is 11.8 Å². The van der Waals surface area contributed by atoms with Crippen LogP contribution in [0.4, 0.5) is 0 Å². The van der Waals surface area contributed by atoms with Gasteiger partial charge in [-0.05, 0) is 85.0 Å². The molecule has 1 N–H and O–H groups in total. The number of benzene rings is 1. The first-order valence-corrected chi connectivity index (χ1v) is 13.6. The summed E-state index contributed by atoms with van der Waals surface area (Å²) >= 11 is 1.91. The normalized spacial score (nSPS) is 35.9. The third-order valence-corrected chi connectivity index (χ3v) is 10.1. The van der Waals surface area contributed by atoms with Gasteiger partial charge in [-0.3, -0.25) is 4.79 Å². The van der Waals surface area contributed by atoms with Crippen molar-refractivity contribution in [1.82, 2.24) is 0 Å². The second-order valence-electron chi connectivity index (χ2n) is 10.6. The van der Waals surface area contributed by atoms with Crippen LogP contribution in [0.2, 0.25) is 0 Å². The van der Waals surface area contributed by atoms with E-state index in [9.17, 15) is 4.79 Å². The Morgan fingerprint density at radius 1 is 1.21 bits per heavy atom. The second-order valence-corrected chi connectivity index (χ2v) is 11.4. The molecular formula is C28H35NO3S. The Kier molecular flexibility index (Phi) is 6.07. The Morgan fingerprint density at radius 3 is 2.70 bits per heavy atom. The van der Waals surface area contributed by atoms with Gasteiger partial charge in [0.05, 0.1) is 11.8 Å². The van der Waals surface area contributed by atoms with Gasteiger partial charge in [-0.25, -0.2) is 0 Å². The SMILES string of the molecule is CO[C@@]1(CSC)CC[C@H]2[C@@H]3CCC4=CC(=O)CCC4=C3[C@@H](c3ccc(C=NO)cc3)C[C@@]21C. The highest BCUT2D eigenvalue weighted by atomic mass is 32.2. The lowest BCUT2D eigenvalue weighted by Gasteiger charge is -2.56. The van der Waals surface area contributed by atoms with E-state index in [0.29, 0.717) is 24.2 Å². The predicted octanol–water partition coefficient (Wildman–Crippen LogP) is 6.14. The number of fused-ring (bicyclic) bond motifs is 4. The second kappa shape index (κ2) is 8.74. The number of methoxy groups -OCH3 is 1. The zero-order valence-electron chi connectivity index (χ0n) is 20.0. The van der Waals surface area contributed by atoms with E-state index >= 15 is 0 Å². The molecule has 0 radical (unpaired) electrons. The van der Waals surface area contributed by atoms with E-state index in [2.05, 4.69) is 30.5 Å². The number of ether oxygens (including phenoxy) is 1. The molecule has 5 rings (SSSR count). The van der Waals surface area contributed by atoms with Gasteiger partial charge in [0.15, 0.2) is 5.78 Å². The predicted molar refractivity (Wildman–Crippen MR) is 134 cm³/mol. The van der Waals surface area contributed by atoms with Gasteiger partial charge in [0, 0.05) is 30.6 Å². The van der Waals surface area contributed by atoms with Crippen molar-refractivity contribution < 1.29 is 14.7 Å². The van der Waals surface area contributed by atoms with E-state index in [-0.39, 0.29) is 16.8 Å². The number of carbonyl (C=O) groups is 1. The largest absolute Gasteiger partial charge is 0.411 e. The molecule has 5 heteroatoms. The van der Waals surface area contributed by atoms with Gasteiger partial charge in [0.2, 0.25) is 0 Å². The summed E-state index contributed by atoms with van der Waals surface area (Å²) in [6, 6.07) is 8.52. The van der Waals surface area contributed by atoms with Crippen LogP contribution in [0, 0.1) is 17.3 Å². The number of carbonyl (C=O) groups excluding carboxylic acids is 1. The zero-order valence-corrected chi connectivity index (χ0v) is 20.8. The van der Waals surface area contributed by atoms with E-state index in [0.717, 1.165) is 43.4 Å². The van der Waals surface area contributed by atoms with Crippen LogP contribution in [0.1, 0.15) is 68.9 Å². The molecule has 0 unspecified atom stereocenters. The van der Waals surface area contributed by atoms with E-state index < -0.39 is 0 Å². The van der Waals surface area contributed by atoms with Crippen LogP contribution in [0.15, 0.2) is 52.2 Å². The fourth-order valence-corrected chi connectivity index (χ4v) is 8.84. The standard InChI is InChI=1S/C28H35NO3S/c1-27-15-24(19-6-4-18(5-7-19)16-29-31)26-22-11-9-21(30)14-20(22)8-10-23(26)25(27)12-13-28(27,32-2)17-33-3/h4-7,14,16,23-25,31H,8-13,15,17H2,1-3H3/t23-,24+,25-,27-,28+/m0/s1. The molecule has 1 aromatic rings. The van der Waals surface area contributed by atoms with Crippen molar-refractivity contribution in [2.24, 2.45) is 22.4 Å². The number of thioether (sulfide) groups is 1. The molecule has 33 heavy (non-hydrogen) atoms. The number of hydrogen-bond acceptors (Lipinski definition) is 5. The molecule has 0 saturated heterocycles. The van der Waals surface area contributed by atoms with Gasteiger partial charge in [0.25, 0.3) is 0 Å². The minimum Gasteiger partial charge on any atom is -0.411 e. The summed E-state index contributed by atoms with van der Waals surface area (Å²) in [4.78, 5) is 12.2. The lowest BCUT2D eigenvalue weighted by atomic mass is 9.51. The molecule has 4 nitrogen and oxygen atoms in total. The third kappa shape index (κ3) is 3.54. The van der Waals surface area contributed by atoms with Crippen molar-refractivity contribution in [3.05, 3.63) is 58.2 Å². The average Bonchev–Trinajstić information content (AvgIpc) is 3.11. The van der Waals surface area contributed by atoms with E-state index in [1.54, 1.807) is 5.57 Å². The van der Waals surface area contributed by atoms with Crippen LogP contribution in [0.3, 0.4) is 0 Å². The van der Waals surface area contributed by atoms with Gasteiger partial charge in [-0.15, -0.1) is 0 Å². The van der Waals surface area contributed by atoms with Crippen molar-refractivity contribution >= 4 is 23.8 Å². The maximum absolute atomic E-state index is 12.2. The summed E-state index contributed by atoms with van der Waals surface area (Å²) in [5.74, 6) is 2.84. The fourth-order valence-electron chi connectivity index (χ4n) is 7.78. The lowest BCUT2D eigenvalue weighted by molar-refractivity contribution is -0.114. The maximum Gasteiger partial charge on any atom is 0.156 e. The highest BCUT2D eigenvalue weighted by molar-refractivity contribution is 7.98. The van der Waals surface area contributed by atoms with Gasteiger partial charge < -0.3 is 9.94 Å². The first-order chi connectivity index (χ1) is 16.0. The van der Waals surface area contributed by atoms with E-state index in [1.165, 1.54) is 29.3 Å². The maximum atomic E-state index is 12.2. The molecule has 0 amide bonds. The number of oxime groups is 1. The summed E-state index contributed by atoms with van der Waals surface area (Å²) in [6.45, 7) is 2.50. The van der Waals surface area contributed by atoms with Crippen molar-refractivity contribution in [3.8, 4) is 0 Å². The molecule has 176 valence electrons. The highest BCUT2D eigenvalue weighted by Crippen LogP contribution is 2.67. The summed E-state index contributed by atoms with van der Waals surface area (Å²) in [5.41, 5.74) is 6.65. The highest BCUT2D eigenvalue weighted by Gasteiger charge is 2.63. The summed E-state index contributed by atoms with van der Waals surface area (Å²) in [5, 5.41) is 12.1. The Morgan fingerprint density at radius 2 is 2.00 bits per heavy atom. The van der Waals surface area contributed by atoms with Crippen LogP contribution in [-0.2, 0) is 9.53 Å². The average molecular weight is 466 g/mol. The van der Waals surface area contributed by atoms with Crippen molar-refractivity contribution in [3.63, 3.8) is 0 Å². The van der Waals surface area contributed by atoms with E-state index in [4.69, 9.17) is 9.94 Å².